The van der Waals surface area contributed by atoms with Crippen LogP contribution in [-0.4, -0.2) is 75.4 Å². The SMILES string of the molecule is COc1cc(NCc2cnc(C(=O)Nc3cccc(-c4cccc(NC(=O)c5nc6c(n5C)CCN(C(=O)OC(C)OC(=O)C(C)C)C6)c4Cl)c3C)cc2OC)ccn1. The Balaban J connectivity index is 1.13. The zero-order chi connectivity index (χ0) is 42.4. The van der Waals surface area contributed by atoms with Gasteiger partial charge >= 0.3 is 12.1 Å². The summed E-state index contributed by atoms with van der Waals surface area (Å²) in [5.41, 5.74) is 6.04. The van der Waals surface area contributed by atoms with Gasteiger partial charge in [-0.15, -0.1) is 0 Å². The first kappa shape index (κ1) is 41.9. The molecule has 0 saturated heterocycles. The number of methoxy groups -OCH3 is 2. The molecule has 6 rings (SSSR count). The third-order valence-corrected chi connectivity index (χ3v) is 10.1. The van der Waals surface area contributed by atoms with E-state index >= 15 is 0 Å². The Morgan fingerprint density at radius 3 is 2.36 bits per heavy atom. The number of carbonyl (C=O) groups is 4. The maximum Gasteiger partial charge on any atom is 0.413 e. The molecule has 0 bridgehead atoms. The van der Waals surface area contributed by atoms with Gasteiger partial charge in [0.15, 0.2) is 5.82 Å². The van der Waals surface area contributed by atoms with Crippen LogP contribution in [0.5, 0.6) is 11.6 Å². The van der Waals surface area contributed by atoms with Gasteiger partial charge in [0.05, 0.1) is 43.1 Å². The number of anilines is 3. The molecule has 0 aliphatic carbocycles. The number of aromatic nitrogens is 4. The zero-order valence-electron chi connectivity index (χ0n) is 33.7. The fraction of sp³-hybridized carbons (Fsp3) is 0.310. The zero-order valence-corrected chi connectivity index (χ0v) is 34.5. The summed E-state index contributed by atoms with van der Waals surface area (Å²) in [6, 6.07) is 15.9. The van der Waals surface area contributed by atoms with Crippen molar-refractivity contribution in [2.75, 3.05) is 36.7 Å². The van der Waals surface area contributed by atoms with Crippen LogP contribution in [0.3, 0.4) is 0 Å². The molecule has 2 aromatic carbocycles. The highest BCUT2D eigenvalue weighted by molar-refractivity contribution is 6.36. The first-order chi connectivity index (χ1) is 28.3. The van der Waals surface area contributed by atoms with E-state index in [0.29, 0.717) is 53.8 Å². The maximum absolute atomic E-state index is 13.7. The molecule has 0 fully saturated rings. The molecule has 3 N–H and O–H groups in total. The van der Waals surface area contributed by atoms with Crippen molar-refractivity contribution in [3.63, 3.8) is 0 Å². The van der Waals surface area contributed by atoms with E-state index in [0.717, 1.165) is 28.1 Å². The Labute approximate surface area is 346 Å². The molecular formula is C42H45ClN8O8. The molecule has 0 saturated carbocycles. The third kappa shape index (κ3) is 9.55. The number of nitrogens with zero attached hydrogens (tertiary/aromatic N) is 5. The van der Waals surface area contributed by atoms with Crippen LogP contribution in [0.4, 0.5) is 21.9 Å². The van der Waals surface area contributed by atoms with Gasteiger partial charge in [-0.2, -0.15) is 0 Å². The van der Waals surface area contributed by atoms with Gasteiger partial charge < -0.3 is 44.4 Å². The summed E-state index contributed by atoms with van der Waals surface area (Å²) in [6.45, 7) is 7.53. The minimum absolute atomic E-state index is 0.109. The van der Waals surface area contributed by atoms with Crippen molar-refractivity contribution in [2.24, 2.45) is 13.0 Å². The highest BCUT2D eigenvalue weighted by Crippen LogP contribution is 2.38. The van der Waals surface area contributed by atoms with Crippen molar-refractivity contribution in [3.05, 3.63) is 106 Å². The van der Waals surface area contributed by atoms with E-state index < -0.39 is 30.2 Å². The average Bonchev–Trinajstić information content (AvgIpc) is 3.56. The summed E-state index contributed by atoms with van der Waals surface area (Å²) < 4.78 is 23.0. The lowest BCUT2D eigenvalue weighted by Gasteiger charge is -2.27. The Kier molecular flexibility index (Phi) is 13.0. The van der Waals surface area contributed by atoms with Crippen molar-refractivity contribution in [2.45, 2.75) is 53.5 Å². The summed E-state index contributed by atoms with van der Waals surface area (Å²) in [6.07, 6.45) is 1.94. The maximum atomic E-state index is 13.7. The normalized spacial score (nSPS) is 12.6. The Morgan fingerprint density at radius 2 is 1.63 bits per heavy atom. The van der Waals surface area contributed by atoms with E-state index in [-0.39, 0.29) is 29.0 Å². The number of benzene rings is 2. The van der Waals surface area contributed by atoms with Crippen LogP contribution >= 0.6 is 11.6 Å². The topological polar surface area (TPSA) is 188 Å². The lowest BCUT2D eigenvalue weighted by molar-refractivity contribution is -0.170. The van der Waals surface area contributed by atoms with Gasteiger partial charge in [-0.1, -0.05) is 49.7 Å². The molecule has 3 amide bonds. The van der Waals surface area contributed by atoms with E-state index in [4.69, 9.17) is 30.5 Å². The van der Waals surface area contributed by atoms with Crippen molar-refractivity contribution in [1.82, 2.24) is 24.4 Å². The number of carbonyl (C=O) groups excluding carboxylic acids is 4. The number of halogens is 1. The van der Waals surface area contributed by atoms with E-state index in [1.54, 1.807) is 81.4 Å². The van der Waals surface area contributed by atoms with E-state index in [1.165, 1.54) is 18.9 Å². The van der Waals surface area contributed by atoms with Crippen molar-refractivity contribution >= 4 is 52.5 Å². The predicted molar refractivity (Wildman–Crippen MR) is 221 cm³/mol. The Morgan fingerprint density at radius 1 is 0.898 bits per heavy atom. The lowest BCUT2D eigenvalue weighted by Crippen LogP contribution is -2.39. The molecule has 1 aliphatic heterocycles. The number of ether oxygens (including phenoxy) is 4. The summed E-state index contributed by atoms with van der Waals surface area (Å²) in [5, 5.41) is 9.41. The van der Waals surface area contributed by atoms with Crippen molar-refractivity contribution in [1.29, 1.82) is 0 Å². The summed E-state index contributed by atoms with van der Waals surface area (Å²) in [5.74, 6) is -0.673. The third-order valence-electron chi connectivity index (χ3n) is 9.68. The number of nitrogens with one attached hydrogen (secondary N) is 3. The van der Waals surface area contributed by atoms with Crippen LogP contribution in [0.2, 0.25) is 5.02 Å². The monoisotopic (exact) mass is 824 g/mol. The molecule has 308 valence electrons. The number of hydrogen-bond acceptors (Lipinski definition) is 12. The second-order valence-corrected chi connectivity index (χ2v) is 14.4. The quantitative estimate of drug-likeness (QED) is 0.0815. The largest absolute Gasteiger partial charge is 0.496 e. The molecule has 5 aromatic rings. The fourth-order valence-corrected chi connectivity index (χ4v) is 6.71. The smallest absolute Gasteiger partial charge is 0.413 e. The molecule has 16 nitrogen and oxygen atoms in total. The predicted octanol–water partition coefficient (Wildman–Crippen LogP) is 7.01. The van der Waals surface area contributed by atoms with Crippen LogP contribution in [0, 0.1) is 12.8 Å². The van der Waals surface area contributed by atoms with Gasteiger partial charge in [0, 0.05) is 86.2 Å². The van der Waals surface area contributed by atoms with Crippen LogP contribution in [0.25, 0.3) is 11.1 Å². The lowest BCUT2D eigenvalue weighted by atomic mass is 9.98. The first-order valence-corrected chi connectivity index (χ1v) is 19.1. The van der Waals surface area contributed by atoms with E-state index in [2.05, 4.69) is 30.9 Å². The molecule has 59 heavy (non-hydrogen) atoms. The van der Waals surface area contributed by atoms with Gasteiger partial charge in [0.25, 0.3) is 11.8 Å². The molecule has 1 unspecified atom stereocenters. The van der Waals surface area contributed by atoms with Crippen LogP contribution in [0.1, 0.15) is 64.4 Å². The van der Waals surface area contributed by atoms with Crippen LogP contribution < -0.4 is 25.4 Å². The average molecular weight is 825 g/mol. The number of esters is 1. The minimum Gasteiger partial charge on any atom is -0.496 e. The fourth-order valence-electron chi connectivity index (χ4n) is 6.43. The van der Waals surface area contributed by atoms with Crippen molar-refractivity contribution < 1.29 is 38.1 Å². The Bertz CT molecular complexity index is 2400. The number of hydrogen-bond donors (Lipinski definition) is 3. The molecule has 3 aromatic heterocycles. The number of imidazole rings is 1. The summed E-state index contributed by atoms with van der Waals surface area (Å²) >= 11 is 6.96. The first-order valence-electron chi connectivity index (χ1n) is 18.8. The summed E-state index contributed by atoms with van der Waals surface area (Å²) in [7, 11) is 4.81. The standard InChI is InChI=1S/C42H45ClN8O8/c1-23(2)41(54)58-25(4)59-42(55)51-17-15-34-33(22-51)47-38(50(34)5)40(53)49-31-13-9-11-29(37(31)43)28-10-8-12-30(24(28)3)48-39(52)32-19-35(56-6)26(21-46-32)20-45-27-14-16-44-36(18-27)57-7/h8-14,16,18-19,21,23,25H,15,17,20,22H2,1-7H3,(H,44,45)(H,48,52)(H,49,53). The van der Waals surface area contributed by atoms with Gasteiger partial charge in [-0.25, -0.2) is 14.8 Å². The highest BCUT2D eigenvalue weighted by atomic mass is 35.5. The molecule has 1 aliphatic rings. The van der Waals surface area contributed by atoms with E-state index in [9.17, 15) is 19.2 Å². The van der Waals surface area contributed by atoms with Gasteiger partial charge in [-0.3, -0.25) is 19.4 Å². The van der Waals surface area contributed by atoms with Gasteiger partial charge in [0.1, 0.15) is 11.4 Å². The molecule has 0 radical (unpaired) electrons. The van der Waals surface area contributed by atoms with Crippen LogP contribution in [-0.2, 0) is 40.8 Å². The van der Waals surface area contributed by atoms with Crippen LogP contribution in [0.15, 0.2) is 67.0 Å². The van der Waals surface area contributed by atoms with Gasteiger partial charge in [-0.05, 0) is 36.2 Å². The number of fused-ring (bicyclic) bond motifs is 1. The summed E-state index contributed by atoms with van der Waals surface area (Å²) in [4.78, 5) is 66.4. The number of pyridine rings is 2. The molecule has 4 heterocycles. The molecule has 1 atom stereocenters. The number of amides is 3. The molecular weight excluding hydrogens is 780 g/mol. The Hall–Kier alpha value is -6.68. The van der Waals surface area contributed by atoms with Crippen molar-refractivity contribution in [3.8, 4) is 22.8 Å². The molecule has 0 spiro atoms. The van der Waals surface area contributed by atoms with Gasteiger partial charge in [0.2, 0.25) is 12.2 Å². The second kappa shape index (κ2) is 18.3. The number of rotatable bonds is 13. The minimum atomic E-state index is -1.06. The molecule has 17 heteroatoms. The second-order valence-electron chi connectivity index (χ2n) is 14.0. The highest BCUT2D eigenvalue weighted by Gasteiger charge is 2.30. The van der Waals surface area contributed by atoms with E-state index in [1.807, 2.05) is 25.1 Å².